The molecule has 2 fully saturated rings. The van der Waals surface area contributed by atoms with Crippen molar-refractivity contribution in [3.05, 3.63) is 69.2 Å². The average Bonchev–Trinajstić information content (AvgIpc) is 3.38. The van der Waals surface area contributed by atoms with E-state index < -0.39 is 6.04 Å². The lowest BCUT2D eigenvalue weighted by molar-refractivity contribution is -0.125. The molecule has 1 N–H and O–H groups in total. The van der Waals surface area contributed by atoms with E-state index in [0.29, 0.717) is 21.4 Å². The number of nitrogens with zero attached hydrogens (tertiary/aromatic N) is 1. The maximum absolute atomic E-state index is 13.4. The largest absolute Gasteiger partial charge is 0.352 e. The van der Waals surface area contributed by atoms with Crippen LogP contribution in [0.3, 0.4) is 0 Å². The molecule has 28 heavy (non-hydrogen) atoms. The summed E-state index contributed by atoms with van der Waals surface area (Å²) in [5.41, 5.74) is 2.51. The standard InChI is InChI=1S/C21H20Cl2N2O2S/c1-12-2-4-13(5-3-12)20(27)25-18(19(26)24-15-7-8-15)11-28-21(25)14-6-9-16(22)17(23)10-14/h2-6,9-10,15,18,21H,7-8,11H2,1H3,(H,24,26). The Morgan fingerprint density at radius 3 is 2.43 bits per heavy atom. The molecule has 7 heteroatoms. The maximum atomic E-state index is 13.4. The van der Waals surface area contributed by atoms with Gasteiger partial charge in [0.2, 0.25) is 5.91 Å². The molecule has 0 radical (unpaired) electrons. The smallest absolute Gasteiger partial charge is 0.255 e. The molecule has 2 atom stereocenters. The zero-order chi connectivity index (χ0) is 19.8. The Morgan fingerprint density at radius 2 is 1.79 bits per heavy atom. The van der Waals surface area contributed by atoms with Crippen LogP contribution in [0.1, 0.15) is 39.7 Å². The summed E-state index contributed by atoms with van der Waals surface area (Å²) in [6.45, 7) is 1.98. The van der Waals surface area contributed by atoms with Gasteiger partial charge in [0.1, 0.15) is 11.4 Å². The van der Waals surface area contributed by atoms with Crippen LogP contribution in [0.25, 0.3) is 0 Å². The van der Waals surface area contributed by atoms with Gasteiger partial charge in [0.05, 0.1) is 10.0 Å². The van der Waals surface area contributed by atoms with Crippen LogP contribution in [-0.2, 0) is 4.79 Å². The highest BCUT2D eigenvalue weighted by atomic mass is 35.5. The first-order valence-electron chi connectivity index (χ1n) is 9.20. The zero-order valence-corrected chi connectivity index (χ0v) is 17.7. The van der Waals surface area contributed by atoms with Crippen molar-refractivity contribution in [1.82, 2.24) is 10.2 Å². The summed E-state index contributed by atoms with van der Waals surface area (Å²) in [6, 6.07) is 12.5. The van der Waals surface area contributed by atoms with Crippen LogP contribution in [0.2, 0.25) is 10.0 Å². The second-order valence-electron chi connectivity index (χ2n) is 7.24. The van der Waals surface area contributed by atoms with Gasteiger partial charge in [0.25, 0.3) is 5.91 Å². The summed E-state index contributed by atoms with van der Waals surface area (Å²) in [4.78, 5) is 27.9. The lowest BCUT2D eigenvalue weighted by Gasteiger charge is -2.29. The van der Waals surface area contributed by atoms with Crippen LogP contribution in [0.15, 0.2) is 42.5 Å². The van der Waals surface area contributed by atoms with Crippen molar-refractivity contribution in [3.8, 4) is 0 Å². The third kappa shape index (κ3) is 4.02. The number of nitrogens with one attached hydrogen (secondary N) is 1. The number of carbonyl (C=O) groups is 2. The zero-order valence-electron chi connectivity index (χ0n) is 15.3. The first-order valence-corrected chi connectivity index (χ1v) is 11.0. The first-order chi connectivity index (χ1) is 13.4. The molecule has 4 nitrogen and oxygen atoms in total. The van der Waals surface area contributed by atoms with Crippen molar-refractivity contribution >= 4 is 46.8 Å². The Kier molecular flexibility index (Phi) is 5.59. The van der Waals surface area contributed by atoms with Crippen molar-refractivity contribution in [1.29, 1.82) is 0 Å². The highest BCUT2D eigenvalue weighted by Gasteiger charge is 2.43. The van der Waals surface area contributed by atoms with Crippen molar-refractivity contribution in [3.63, 3.8) is 0 Å². The van der Waals surface area contributed by atoms with Crippen LogP contribution in [-0.4, -0.2) is 34.6 Å². The van der Waals surface area contributed by atoms with Gasteiger partial charge < -0.3 is 10.2 Å². The second kappa shape index (κ2) is 7.97. The first kappa shape index (κ1) is 19.6. The van der Waals surface area contributed by atoms with Gasteiger partial charge in [-0.3, -0.25) is 9.59 Å². The molecule has 1 saturated heterocycles. The molecule has 2 aromatic carbocycles. The molecule has 4 rings (SSSR count). The van der Waals surface area contributed by atoms with Gasteiger partial charge in [-0.1, -0.05) is 47.0 Å². The Morgan fingerprint density at radius 1 is 1.07 bits per heavy atom. The van der Waals surface area contributed by atoms with E-state index in [1.165, 1.54) is 0 Å². The number of aryl methyl sites for hydroxylation is 1. The molecule has 1 saturated carbocycles. The molecular formula is C21H20Cl2N2O2S. The highest BCUT2D eigenvalue weighted by Crippen LogP contribution is 2.43. The van der Waals surface area contributed by atoms with Gasteiger partial charge in [0, 0.05) is 17.4 Å². The summed E-state index contributed by atoms with van der Waals surface area (Å²) >= 11 is 13.8. The van der Waals surface area contributed by atoms with Gasteiger partial charge in [-0.25, -0.2) is 0 Å². The average molecular weight is 435 g/mol. The maximum Gasteiger partial charge on any atom is 0.255 e. The lowest BCUT2D eigenvalue weighted by Crippen LogP contribution is -2.48. The third-order valence-electron chi connectivity index (χ3n) is 4.99. The van der Waals surface area contributed by atoms with Gasteiger partial charge in [-0.05, 0) is 49.6 Å². The van der Waals surface area contributed by atoms with Crippen molar-refractivity contribution < 1.29 is 9.59 Å². The van der Waals surface area contributed by atoms with Crippen LogP contribution < -0.4 is 5.32 Å². The monoisotopic (exact) mass is 434 g/mol. The molecule has 1 heterocycles. The van der Waals surface area contributed by atoms with Crippen molar-refractivity contribution in [2.45, 2.75) is 37.2 Å². The fraction of sp³-hybridized carbons (Fsp3) is 0.333. The fourth-order valence-corrected chi connectivity index (χ4v) is 4.97. The topological polar surface area (TPSA) is 49.4 Å². The highest BCUT2D eigenvalue weighted by molar-refractivity contribution is 7.99. The number of hydrogen-bond donors (Lipinski definition) is 1. The Labute approximate surface area is 178 Å². The number of carbonyl (C=O) groups excluding carboxylic acids is 2. The lowest BCUT2D eigenvalue weighted by atomic mass is 10.1. The number of halogens is 2. The Balaban J connectivity index is 1.67. The second-order valence-corrected chi connectivity index (χ2v) is 9.16. The minimum absolute atomic E-state index is 0.0852. The summed E-state index contributed by atoms with van der Waals surface area (Å²) in [5.74, 6) is 0.302. The molecule has 0 bridgehead atoms. The van der Waals surface area contributed by atoms with E-state index >= 15 is 0 Å². The fourth-order valence-electron chi connectivity index (χ4n) is 3.25. The van der Waals surface area contributed by atoms with Crippen molar-refractivity contribution in [2.75, 3.05) is 5.75 Å². The molecule has 2 aromatic rings. The Bertz CT molecular complexity index is 915. The minimum atomic E-state index is -0.515. The van der Waals surface area contributed by atoms with Crippen molar-refractivity contribution in [2.24, 2.45) is 0 Å². The SMILES string of the molecule is Cc1ccc(C(=O)N2C(C(=O)NC3CC3)CSC2c2ccc(Cl)c(Cl)c2)cc1. The minimum Gasteiger partial charge on any atom is -0.352 e. The number of rotatable bonds is 4. The molecule has 1 aliphatic heterocycles. The molecule has 146 valence electrons. The van der Waals surface area contributed by atoms with Gasteiger partial charge in [-0.2, -0.15) is 0 Å². The van der Waals surface area contributed by atoms with E-state index in [1.807, 2.05) is 37.3 Å². The normalized spacial score (nSPS) is 21.6. The predicted molar refractivity (Wildman–Crippen MR) is 114 cm³/mol. The molecule has 2 amide bonds. The van der Waals surface area contributed by atoms with E-state index in [0.717, 1.165) is 24.0 Å². The van der Waals surface area contributed by atoms with E-state index in [9.17, 15) is 9.59 Å². The summed E-state index contributed by atoms with van der Waals surface area (Å²) < 4.78 is 0. The summed E-state index contributed by atoms with van der Waals surface area (Å²) in [5, 5.41) is 3.65. The van der Waals surface area contributed by atoms with E-state index in [-0.39, 0.29) is 23.2 Å². The van der Waals surface area contributed by atoms with E-state index in [1.54, 1.807) is 28.8 Å². The summed E-state index contributed by atoms with van der Waals surface area (Å²) in [6.07, 6.45) is 2.02. The van der Waals surface area contributed by atoms with Crippen LogP contribution in [0, 0.1) is 6.92 Å². The molecule has 2 unspecified atom stereocenters. The number of benzene rings is 2. The molecule has 2 aliphatic rings. The van der Waals surface area contributed by atoms with Gasteiger partial charge in [0.15, 0.2) is 0 Å². The van der Waals surface area contributed by atoms with Gasteiger partial charge >= 0.3 is 0 Å². The van der Waals surface area contributed by atoms with Gasteiger partial charge in [-0.15, -0.1) is 11.8 Å². The predicted octanol–water partition coefficient (Wildman–Crippen LogP) is 4.84. The third-order valence-corrected chi connectivity index (χ3v) is 7.05. The van der Waals surface area contributed by atoms with E-state index in [2.05, 4.69) is 5.32 Å². The van der Waals surface area contributed by atoms with Crippen LogP contribution in [0.5, 0.6) is 0 Å². The Hall–Kier alpha value is -1.69. The molecule has 0 spiro atoms. The number of thioether (sulfide) groups is 1. The van der Waals surface area contributed by atoms with Crippen LogP contribution >= 0.6 is 35.0 Å². The molecule has 0 aromatic heterocycles. The molecular weight excluding hydrogens is 415 g/mol. The van der Waals surface area contributed by atoms with E-state index in [4.69, 9.17) is 23.2 Å². The quantitative estimate of drug-likeness (QED) is 0.748. The van der Waals surface area contributed by atoms with Crippen LogP contribution in [0.4, 0.5) is 0 Å². The number of amides is 2. The summed E-state index contributed by atoms with van der Waals surface area (Å²) in [7, 11) is 0. The molecule has 1 aliphatic carbocycles. The number of hydrogen-bond acceptors (Lipinski definition) is 3.